The molecule has 0 saturated heterocycles. The highest BCUT2D eigenvalue weighted by molar-refractivity contribution is 7.91. The minimum atomic E-state index is -3.27. The van der Waals surface area contributed by atoms with Crippen molar-refractivity contribution in [1.82, 2.24) is 4.31 Å². The van der Waals surface area contributed by atoms with E-state index < -0.39 is 10.0 Å². The average molecular weight is 223 g/mol. The minimum absolute atomic E-state index is 0.463. The van der Waals surface area contributed by atoms with Gasteiger partial charge in [0.1, 0.15) is 0 Å². The molecule has 0 radical (unpaired) electrons. The van der Waals surface area contributed by atoms with Gasteiger partial charge in [0.15, 0.2) is 0 Å². The fourth-order valence-electron chi connectivity index (χ4n) is 1.79. The molecule has 1 aromatic rings. The summed E-state index contributed by atoms with van der Waals surface area (Å²) in [6, 6.07) is 7.94. The summed E-state index contributed by atoms with van der Waals surface area (Å²) in [5, 5.41) is 1.01. The summed E-state index contributed by atoms with van der Waals surface area (Å²) in [7, 11) is -3.27. The maximum Gasteiger partial charge on any atom is 0.235 e. The van der Waals surface area contributed by atoms with E-state index in [9.17, 15) is 8.42 Å². The first-order valence-electron chi connectivity index (χ1n) is 4.83. The van der Waals surface area contributed by atoms with Gasteiger partial charge in [-0.15, -0.1) is 0 Å². The summed E-state index contributed by atoms with van der Waals surface area (Å²) in [6.45, 7) is 4.34. The number of sulfonamides is 1. The molecule has 4 heteroatoms. The van der Waals surface area contributed by atoms with Gasteiger partial charge in [-0.25, -0.2) is 8.42 Å². The zero-order valence-electron chi connectivity index (χ0n) is 8.39. The molecule has 0 aromatic heterocycles. The van der Waals surface area contributed by atoms with Gasteiger partial charge in [0.05, 0.1) is 0 Å². The molecule has 1 aliphatic rings. The number of hydrogen-bond acceptors (Lipinski definition) is 2. The van der Waals surface area contributed by atoms with Crippen LogP contribution < -0.4 is 0 Å². The van der Waals surface area contributed by atoms with E-state index in [0.717, 1.165) is 17.4 Å². The van der Waals surface area contributed by atoms with Gasteiger partial charge in [-0.1, -0.05) is 30.8 Å². The van der Waals surface area contributed by atoms with Crippen molar-refractivity contribution in [2.75, 3.05) is 6.54 Å². The second-order valence-corrected chi connectivity index (χ2v) is 5.44. The summed E-state index contributed by atoms with van der Waals surface area (Å²) in [5.74, 6) is 0. The van der Waals surface area contributed by atoms with Crippen molar-refractivity contribution in [3.63, 3.8) is 0 Å². The van der Waals surface area contributed by atoms with Crippen LogP contribution in [0, 0.1) is 0 Å². The fourth-order valence-corrected chi connectivity index (χ4v) is 2.67. The lowest BCUT2D eigenvalue weighted by Crippen LogP contribution is -2.34. The van der Waals surface area contributed by atoms with Crippen LogP contribution in [-0.2, 0) is 23.0 Å². The maximum atomic E-state index is 11.6. The first-order valence-corrected chi connectivity index (χ1v) is 6.33. The van der Waals surface area contributed by atoms with Crippen molar-refractivity contribution in [1.29, 1.82) is 0 Å². The Morgan fingerprint density at radius 1 is 1.27 bits per heavy atom. The number of rotatable bonds is 2. The van der Waals surface area contributed by atoms with Crippen LogP contribution in [0.3, 0.4) is 0 Å². The highest BCUT2D eigenvalue weighted by Gasteiger charge is 2.23. The van der Waals surface area contributed by atoms with Crippen molar-refractivity contribution >= 4 is 10.0 Å². The summed E-state index contributed by atoms with van der Waals surface area (Å²) < 4.78 is 24.6. The van der Waals surface area contributed by atoms with Crippen LogP contribution >= 0.6 is 0 Å². The molecule has 0 saturated carbocycles. The number of fused-ring (bicyclic) bond motifs is 1. The quantitative estimate of drug-likeness (QED) is 0.762. The van der Waals surface area contributed by atoms with E-state index >= 15 is 0 Å². The number of hydrogen-bond donors (Lipinski definition) is 0. The molecule has 15 heavy (non-hydrogen) atoms. The van der Waals surface area contributed by atoms with E-state index in [0.29, 0.717) is 13.1 Å². The van der Waals surface area contributed by atoms with Gasteiger partial charge >= 0.3 is 0 Å². The van der Waals surface area contributed by atoms with Gasteiger partial charge in [-0.3, -0.25) is 0 Å². The van der Waals surface area contributed by atoms with Gasteiger partial charge < -0.3 is 0 Å². The Morgan fingerprint density at radius 3 is 2.60 bits per heavy atom. The molecule has 0 aliphatic carbocycles. The summed E-state index contributed by atoms with van der Waals surface area (Å²) in [5.41, 5.74) is 2.34. The molecule has 80 valence electrons. The first-order chi connectivity index (χ1) is 7.13. The van der Waals surface area contributed by atoms with E-state index in [4.69, 9.17) is 0 Å². The Kier molecular flexibility index (Phi) is 2.63. The largest absolute Gasteiger partial charge is 0.235 e. The third-order valence-electron chi connectivity index (χ3n) is 2.67. The van der Waals surface area contributed by atoms with Gasteiger partial charge in [0.2, 0.25) is 10.0 Å². The molecule has 0 N–H and O–H groups in total. The van der Waals surface area contributed by atoms with Crippen molar-refractivity contribution in [2.24, 2.45) is 0 Å². The van der Waals surface area contributed by atoms with E-state index in [1.807, 2.05) is 24.3 Å². The smallest absolute Gasteiger partial charge is 0.208 e. The Balaban J connectivity index is 2.30. The van der Waals surface area contributed by atoms with E-state index in [1.54, 1.807) is 0 Å². The van der Waals surface area contributed by atoms with Crippen molar-refractivity contribution in [2.45, 2.75) is 13.0 Å². The molecule has 0 fully saturated rings. The van der Waals surface area contributed by atoms with Crippen molar-refractivity contribution in [3.8, 4) is 0 Å². The third-order valence-corrected chi connectivity index (χ3v) is 4.12. The van der Waals surface area contributed by atoms with Gasteiger partial charge in [-0.2, -0.15) is 4.31 Å². The maximum absolute atomic E-state index is 11.6. The average Bonchev–Trinajstić information content (AvgIpc) is 2.28. The van der Waals surface area contributed by atoms with Crippen molar-refractivity contribution < 1.29 is 8.42 Å². The van der Waals surface area contributed by atoms with Gasteiger partial charge in [0, 0.05) is 18.5 Å². The second kappa shape index (κ2) is 3.79. The van der Waals surface area contributed by atoms with E-state index in [2.05, 4.69) is 6.58 Å². The van der Waals surface area contributed by atoms with Crippen LogP contribution in [0.4, 0.5) is 0 Å². The number of benzene rings is 1. The minimum Gasteiger partial charge on any atom is -0.208 e. The van der Waals surface area contributed by atoms with Crippen molar-refractivity contribution in [3.05, 3.63) is 47.4 Å². The highest BCUT2D eigenvalue weighted by atomic mass is 32.2. The standard InChI is InChI=1S/C11H13NO2S/c1-2-15(13,14)12-8-7-10-5-3-4-6-11(10)9-12/h2-6H,1,7-9H2. The Hall–Kier alpha value is -1.13. The molecule has 1 heterocycles. The molecule has 0 spiro atoms. The predicted molar refractivity (Wildman–Crippen MR) is 59.7 cm³/mol. The normalized spacial score (nSPS) is 17.1. The lowest BCUT2D eigenvalue weighted by Gasteiger charge is -2.26. The summed E-state index contributed by atoms with van der Waals surface area (Å²) >= 11 is 0. The van der Waals surface area contributed by atoms with Gasteiger partial charge in [-0.05, 0) is 17.5 Å². The Bertz CT molecular complexity index is 479. The molecule has 1 aliphatic heterocycles. The van der Waals surface area contributed by atoms with Crippen LogP contribution in [0.1, 0.15) is 11.1 Å². The zero-order valence-corrected chi connectivity index (χ0v) is 9.20. The van der Waals surface area contributed by atoms with Crippen LogP contribution in [-0.4, -0.2) is 19.3 Å². The summed E-state index contributed by atoms with van der Waals surface area (Å²) in [6.07, 6.45) is 0.781. The van der Waals surface area contributed by atoms with Gasteiger partial charge in [0.25, 0.3) is 0 Å². The van der Waals surface area contributed by atoms with E-state index in [-0.39, 0.29) is 0 Å². The van der Waals surface area contributed by atoms with Crippen LogP contribution in [0.2, 0.25) is 0 Å². The first kappa shape index (κ1) is 10.4. The SMILES string of the molecule is C=CS(=O)(=O)N1CCc2ccccc2C1. The lowest BCUT2D eigenvalue weighted by molar-refractivity contribution is 0.397. The molecule has 0 unspecified atom stereocenters. The second-order valence-electron chi connectivity index (χ2n) is 3.56. The zero-order chi connectivity index (χ0) is 10.9. The molecule has 0 atom stereocenters. The Morgan fingerprint density at radius 2 is 1.93 bits per heavy atom. The molecular formula is C11H13NO2S. The summed E-state index contributed by atoms with van der Waals surface area (Å²) in [4.78, 5) is 0. The number of nitrogens with zero attached hydrogens (tertiary/aromatic N) is 1. The molecule has 3 nitrogen and oxygen atoms in total. The fraction of sp³-hybridized carbons (Fsp3) is 0.273. The lowest BCUT2D eigenvalue weighted by atomic mass is 10.0. The highest BCUT2D eigenvalue weighted by Crippen LogP contribution is 2.20. The molecule has 1 aromatic carbocycles. The molecular weight excluding hydrogens is 210 g/mol. The Labute approximate surface area is 90.1 Å². The van der Waals surface area contributed by atoms with Crippen LogP contribution in [0.15, 0.2) is 36.3 Å². The topological polar surface area (TPSA) is 37.4 Å². The monoisotopic (exact) mass is 223 g/mol. The van der Waals surface area contributed by atoms with E-state index in [1.165, 1.54) is 9.87 Å². The van der Waals surface area contributed by atoms with Crippen LogP contribution in [0.5, 0.6) is 0 Å². The predicted octanol–water partition coefficient (Wildman–Crippen LogP) is 1.52. The third kappa shape index (κ3) is 1.96. The van der Waals surface area contributed by atoms with Crippen LogP contribution in [0.25, 0.3) is 0 Å². The molecule has 0 amide bonds. The molecule has 0 bridgehead atoms. The molecule has 2 rings (SSSR count).